The molecule has 384 valence electrons. The van der Waals surface area contributed by atoms with Gasteiger partial charge >= 0.3 is 0 Å². The molecule has 0 radical (unpaired) electrons. The fourth-order valence-electron chi connectivity index (χ4n) is 6.92. The Hall–Kier alpha value is -2.88. The molecule has 4 atom stereocenters. The molecule has 0 heterocycles. The van der Waals surface area contributed by atoms with Crippen LogP contribution in [0.1, 0.15) is 187 Å². The summed E-state index contributed by atoms with van der Waals surface area (Å²) >= 11 is 0. The summed E-state index contributed by atoms with van der Waals surface area (Å²) < 4.78 is 23.2. The van der Waals surface area contributed by atoms with E-state index in [4.69, 9.17) is 9.05 Å². The second-order valence-electron chi connectivity index (χ2n) is 18.6. The van der Waals surface area contributed by atoms with E-state index in [0.29, 0.717) is 30.3 Å². The van der Waals surface area contributed by atoms with E-state index < -0.39 is 32.7 Å². The summed E-state index contributed by atoms with van der Waals surface area (Å²) in [5.41, 5.74) is 0. The number of nitrogens with one attached hydrogen (secondary N) is 1. The van der Waals surface area contributed by atoms with E-state index in [1.807, 2.05) is 21.1 Å². The fraction of sp³-hybridized carbons (Fsp3) is 0.667. The molecule has 1 amide bonds. The molecule has 10 heteroatoms. The predicted octanol–water partition coefficient (Wildman–Crippen LogP) is 14.0. The summed E-state index contributed by atoms with van der Waals surface area (Å²) in [6.45, 7) is 4.26. The van der Waals surface area contributed by atoms with Gasteiger partial charge in [0.2, 0.25) is 5.91 Å². The summed E-state index contributed by atoms with van der Waals surface area (Å²) in [4.78, 5) is 25.5. The zero-order valence-electron chi connectivity index (χ0n) is 43.2. The highest BCUT2D eigenvalue weighted by Gasteiger charge is 2.29. The number of unbranched alkanes of at least 4 members (excludes halogenated alkanes) is 14. The van der Waals surface area contributed by atoms with E-state index in [1.54, 1.807) is 0 Å². The average molecular weight is 955 g/mol. The second-order valence-corrected chi connectivity index (χ2v) is 20.0. The van der Waals surface area contributed by atoms with Crippen molar-refractivity contribution in [3.63, 3.8) is 0 Å². The van der Waals surface area contributed by atoms with E-state index in [9.17, 15) is 24.5 Å². The lowest BCUT2D eigenvalue weighted by Gasteiger charge is -2.31. The minimum absolute atomic E-state index is 0.0555. The largest absolute Gasteiger partial charge is 0.756 e. The third-order valence-corrected chi connectivity index (χ3v) is 12.1. The highest BCUT2D eigenvalue weighted by molar-refractivity contribution is 7.45. The third-order valence-electron chi connectivity index (χ3n) is 11.1. The van der Waals surface area contributed by atoms with Gasteiger partial charge in [-0.15, -0.1) is 0 Å². The van der Waals surface area contributed by atoms with E-state index in [2.05, 4.69) is 129 Å². The van der Waals surface area contributed by atoms with Crippen LogP contribution < -0.4 is 10.2 Å². The number of hydrogen-bond acceptors (Lipinski definition) is 7. The smallest absolute Gasteiger partial charge is 0.268 e. The van der Waals surface area contributed by atoms with Gasteiger partial charge in [0.15, 0.2) is 0 Å². The number of aliphatic hydroxyl groups excluding tert-OH is 2. The molecule has 0 bridgehead atoms. The number of hydrogen-bond donors (Lipinski definition) is 3. The van der Waals surface area contributed by atoms with Gasteiger partial charge in [0.25, 0.3) is 7.82 Å². The zero-order valence-corrected chi connectivity index (χ0v) is 44.1. The van der Waals surface area contributed by atoms with E-state index in [0.717, 1.165) is 103 Å². The Bertz CT molecular complexity index is 1470. The molecule has 4 unspecified atom stereocenters. The quantitative estimate of drug-likeness (QED) is 0.0240. The number of rotatable bonds is 46. The molecule has 0 aliphatic carbocycles. The zero-order chi connectivity index (χ0) is 49.4. The SMILES string of the molecule is CC/C=C\C/C=C\C/C=C\C/C=C\C/C=C\C/C=C\C/C=C\C/C=C\CCCCCCCCC(=O)NC(COP(=O)([O-])OCC[N+](C)(C)C)C(O)C(O)CCC/C=C/CCCCCCCCC. The molecule has 0 saturated heterocycles. The fourth-order valence-corrected chi connectivity index (χ4v) is 7.64. The van der Waals surface area contributed by atoms with Gasteiger partial charge in [-0.3, -0.25) is 9.36 Å². The summed E-state index contributed by atoms with van der Waals surface area (Å²) in [6, 6.07) is -1.11. The first-order chi connectivity index (χ1) is 32.4. The van der Waals surface area contributed by atoms with Crippen molar-refractivity contribution in [2.75, 3.05) is 40.9 Å². The van der Waals surface area contributed by atoms with Gasteiger partial charge in [-0.2, -0.15) is 0 Å². The highest BCUT2D eigenvalue weighted by Crippen LogP contribution is 2.38. The lowest BCUT2D eigenvalue weighted by Crippen LogP contribution is -2.51. The molecule has 0 aromatic rings. The Morgan fingerprint density at radius 1 is 0.552 bits per heavy atom. The van der Waals surface area contributed by atoms with E-state index in [-0.39, 0.29) is 18.9 Å². The Kier molecular flexibility index (Phi) is 44.8. The number of phosphoric ester groups is 1. The number of amides is 1. The van der Waals surface area contributed by atoms with Gasteiger partial charge < -0.3 is 34.0 Å². The normalized spacial score (nSPS) is 15.4. The van der Waals surface area contributed by atoms with Gasteiger partial charge in [-0.05, 0) is 103 Å². The number of carbonyl (C=O) groups excluding carboxylic acids is 1. The number of likely N-dealkylation sites (N-methyl/N-ethyl adjacent to an activating group) is 1. The van der Waals surface area contributed by atoms with E-state index in [1.165, 1.54) is 44.9 Å². The molecule has 0 aromatic carbocycles. The third kappa shape index (κ3) is 48.0. The molecule has 0 saturated carbocycles. The number of aliphatic hydroxyl groups is 2. The van der Waals surface area contributed by atoms with Crippen molar-refractivity contribution >= 4 is 13.7 Å². The molecule has 0 rings (SSSR count). The molecular weight excluding hydrogens is 856 g/mol. The lowest BCUT2D eigenvalue weighted by atomic mass is 10.0. The Morgan fingerprint density at radius 3 is 1.39 bits per heavy atom. The molecule has 0 fully saturated rings. The first kappa shape index (κ1) is 64.1. The minimum atomic E-state index is -4.69. The van der Waals surface area contributed by atoms with Crippen LogP contribution in [0.25, 0.3) is 0 Å². The predicted molar refractivity (Wildman–Crippen MR) is 285 cm³/mol. The standard InChI is InChI=1S/C57H99N2O7P/c1-6-8-10-12-14-16-18-20-21-22-23-24-25-26-27-28-29-30-31-32-33-34-35-36-37-38-40-42-44-46-48-50-56(61)58-54(53-66-67(63,64)65-52-51-59(3,4)5)57(62)55(60)49-47-45-43-41-39-19-17-15-13-11-9-7-2/h8,10,14,16,20-21,23-24,26-27,29-30,32-33,35-36,41,43,54-55,57,60,62H,6-7,9,11-13,15,17-19,22,25,28,31,34,37-40,42,44-53H2,1-5H3,(H-,58,61,63,64)/b10-8-,16-14-,21-20-,24-23-,27-26-,30-29-,33-32-,36-35-,43-41+. The summed E-state index contributed by atoms with van der Waals surface area (Å²) in [5, 5.41) is 24.6. The van der Waals surface area contributed by atoms with Crippen molar-refractivity contribution in [2.24, 2.45) is 0 Å². The number of quaternary nitrogens is 1. The molecule has 3 N–H and O–H groups in total. The number of nitrogens with zero attached hydrogens (tertiary/aromatic N) is 1. The summed E-state index contributed by atoms with van der Waals surface area (Å²) in [6.07, 6.45) is 64.3. The van der Waals surface area contributed by atoms with Crippen LogP contribution in [0.3, 0.4) is 0 Å². The lowest BCUT2D eigenvalue weighted by molar-refractivity contribution is -0.870. The maximum Gasteiger partial charge on any atom is 0.268 e. The van der Waals surface area contributed by atoms with Crippen molar-refractivity contribution in [2.45, 2.75) is 205 Å². The van der Waals surface area contributed by atoms with Crippen LogP contribution in [0.15, 0.2) is 109 Å². The van der Waals surface area contributed by atoms with Crippen molar-refractivity contribution in [3.8, 4) is 0 Å². The molecule has 0 aromatic heterocycles. The molecular formula is C57H99N2O7P. The Balaban J connectivity index is 4.35. The molecule has 9 nitrogen and oxygen atoms in total. The molecule has 0 spiro atoms. The van der Waals surface area contributed by atoms with Crippen molar-refractivity contribution < 1.29 is 38.0 Å². The van der Waals surface area contributed by atoms with E-state index >= 15 is 0 Å². The first-order valence-electron chi connectivity index (χ1n) is 26.3. The Morgan fingerprint density at radius 2 is 0.940 bits per heavy atom. The van der Waals surface area contributed by atoms with Crippen molar-refractivity contribution in [3.05, 3.63) is 109 Å². The van der Waals surface area contributed by atoms with Crippen molar-refractivity contribution in [1.29, 1.82) is 0 Å². The number of phosphoric acid groups is 1. The van der Waals surface area contributed by atoms with Crippen LogP contribution in [-0.2, 0) is 18.4 Å². The number of allylic oxidation sites excluding steroid dienone is 18. The summed E-state index contributed by atoms with van der Waals surface area (Å²) in [7, 11) is 1.08. The molecule has 0 aliphatic heterocycles. The van der Waals surface area contributed by atoms with Gasteiger partial charge in [-0.1, -0.05) is 187 Å². The molecule has 67 heavy (non-hydrogen) atoms. The second kappa shape index (κ2) is 46.8. The van der Waals surface area contributed by atoms with Gasteiger partial charge in [0.1, 0.15) is 19.3 Å². The van der Waals surface area contributed by atoms with Crippen LogP contribution in [0, 0.1) is 0 Å². The van der Waals surface area contributed by atoms with Crippen LogP contribution >= 0.6 is 7.82 Å². The van der Waals surface area contributed by atoms with Gasteiger partial charge in [-0.25, -0.2) is 0 Å². The molecule has 0 aliphatic rings. The van der Waals surface area contributed by atoms with Crippen LogP contribution in [0.5, 0.6) is 0 Å². The van der Waals surface area contributed by atoms with Crippen molar-refractivity contribution in [1.82, 2.24) is 5.32 Å². The van der Waals surface area contributed by atoms with Gasteiger partial charge in [0, 0.05) is 6.42 Å². The Labute approximate surface area is 411 Å². The van der Waals surface area contributed by atoms with Crippen LogP contribution in [0.2, 0.25) is 0 Å². The van der Waals surface area contributed by atoms with Crippen LogP contribution in [0.4, 0.5) is 0 Å². The van der Waals surface area contributed by atoms with Crippen LogP contribution in [-0.4, -0.2) is 79.8 Å². The first-order valence-corrected chi connectivity index (χ1v) is 27.8. The maximum atomic E-state index is 12.9. The summed E-state index contributed by atoms with van der Waals surface area (Å²) in [5.74, 6) is -0.309. The monoisotopic (exact) mass is 955 g/mol. The minimum Gasteiger partial charge on any atom is -0.756 e. The van der Waals surface area contributed by atoms with Gasteiger partial charge in [0.05, 0.1) is 39.9 Å². The highest BCUT2D eigenvalue weighted by atomic mass is 31.2. The average Bonchev–Trinajstić information content (AvgIpc) is 3.29. The topological polar surface area (TPSA) is 128 Å². The maximum absolute atomic E-state index is 12.9. The number of carbonyl (C=O) groups is 1.